The molecular formula is C13H19N5OS. The third-order valence-electron chi connectivity index (χ3n) is 3.00. The van der Waals surface area contributed by atoms with Crippen LogP contribution in [0.15, 0.2) is 5.16 Å². The first kappa shape index (κ1) is 14.8. The molecule has 0 unspecified atom stereocenters. The molecule has 1 amide bonds. The lowest BCUT2D eigenvalue weighted by atomic mass is 10.1. The fourth-order valence-corrected chi connectivity index (χ4v) is 2.40. The minimum Gasteiger partial charge on any atom is -0.354 e. The van der Waals surface area contributed by atoms with E-state index in [1.54, 1.807) is 4.52 Å². The van der Waals surface area contributed by atoms with Crippen molar-refractivity contribution < 1.29 is 4.79 Å². The Morgan fingerprint density at radius 3 is 2.65 bits per heavy atom. The van der Waals surface area contributed by atoms with Crippen LogP contribution < -0.4 is 5.32 Å². The molecule has 0 atom stereocenters. The summed E-state index contributed by atoms with van der Waals surface area (Å²) in [5.41, 5.74) is 2.65. The lowest BCUT2D eigenvalue weighted by Crippen LogP contribution is -2.32. The van der Waals surface area contributed by atoms with E-state index >= 15 is 0 Å². The summed E-state index contributed by atoms with van der Waals surface area (Å²) in [6, 6.07) is 0.134. The number of carbonyl (C=O) groups excluding carboxylic acids is 1. The largest absolute Gasteiger partial charge is 0.354 e. The van der Waals surface area contributed by atoms with Crippen LogP contribution in [0.5, 0.6) is 0 Å². The quantitative estimate of drug-likeness (QED) is 0.866. The van der Waals surface area contributed by atoms with Crippen LogP contribution in [0.2, 0.25) is 0 Å². The van der Waals surface area contributed by atoms with Gasteiger partial charge in [0.05, 0.1) is 6.42 Å². The number of thioether (sulfide) groups is 1. The number of aryl methyl sites for hydroxylation is 2. The summed E-state index contributed by atoms with van der Waals surface area (Å²) in [7, 11) is 0. The predicted octanol–water partition coefficient (Wildman–Crippen LogP) is 1.53. The van der Waals surface area contributed by atoms with Gasteiger partial charge in [-0.25, -0.2) is 9.50 Å². The van der Waals surface area contributed by atoms with E-state index < -0.39 is 0 Å². The molecule has 0 aliphatic heterocycles. The highest BCUT2D eigenvalue weighted by Gasteiger charge is 2.16. The first-order valence-electron chi connectivity index (χ1n) is 6.48. The molecular weight excluding hydrogens is 274 g/mol. The highest BCUT2D eigenvalue weighted by Crippen LogP contribution is 2.17. The molecule has 7 heteroatoms. The van der Waals surface area contributed by atoms with Gasteiger partial charge in [0.25, 0.3) is 5.78 Å². The third kappa shape index (κ3) is 2.92. The van der Waals surface area contributed by atoms with Crippen LogP contribution in [-0.2, 0) is 11.2 Å². The zero-order valence-electron chi connectivity index (χ0n) is 12.4. The lowest BCUT2D eigenvalue weighted by Gasteiger charge is -2.12. The summed E-state index contributed by atoms with van der Waals surface area (Å²) in [5.74, 6) is 0.579. The van der Waals surface area contributed by atoms with Gasteiger partial charge in [-0.2, -0.15) is 4.98 Å². The van der Waals surface area contributed by atoms with E-state index in [0.717, 1.165) is 17.0 Å². The standard InChI is InChI=1S/C13H19N5OS/c1-7(2)14-11(19)6-10-8(3)15-12-16-13(20-5)17-18(12)9(10)4/h7H,6H2,1-5H3,(H,14,19). The number of nitrogens with one attached hydrogen (secondary N) is 1. The Balaban J connectivity index is 2.40. The minimum absolute atomic E-state index is 0.00226. The van der Waals surface area contributed by atoms with Crippen molar-refractivity contribution in [2.75, 3.05) is 6.26 Å². The molecule has 0 aliphatic carbocycles. The van der Waals surface area contributed by atoms with Crippen LogP contribution in [0.1, 0.15) is 30.8 Å². The Kier molecular flexibility index (Phi) is 4.27. The maximum absolute atomic E-state index is 11.9. The molecule has 0 radical (unpaired) electrons. The van der Waals surface area contributed by atoms with Gasteiger partial charge < -0.3 is 5.32 Å². The van der Waals surface area contributed by atoms with E-state index in [0.29, 0.717) is 17.4 Å². The molecule has 1 N–H and O–H groups in total. The normalized spacial score (nSPS) is 11.3. The first-order valence-corrected chi connectivity index (χ1v) is 7.71. The van der Waals surface area contributed by atoms with Gasteiger partial charge in [0.2, 0.25) is 11.1 Å². The van der Waals surface area contributed by atoms with Gasteiger partial charge in [-0.1, -0.05) is 11.8 Å². The highest BCUT2D eigenvalue weighted by molar-refractivity contribution is 7.98. The van der Waals surface area contributed by atoms with Crippen molar-refractivity contribution in [3.63, 3.8) is 0 Å². The van der Waals surface area contributed by atoms with E-state index in [2.05, 4.69) is 20.4 Å². The summed E-state index contributed by atoms with van der Waals surface area (Å²) >= 11 is 1.47. The van der Waals surface area contributed by atoms with Crippen molar-refractivity contribution in [2.45, 2.75) is 45.3 Å². The zero-order chi connectivity index (χ0) is 14.9. The Labute approximate surface area is 122 Å². The van der Waals surface area contributed by atoms with E-state index in [9.17, 15) is 4.79 Å². The predicted molar refractivity (Wildman–Crippen MR) is 79.0 cm³/mol. The number of hydrogen-bond donors (Lipinski definition) is 1. The summed E-state index contributed by atoms with van der Waals surface area (Å²) < 4.78 is 1.71. The summed E-state index contributed by atoms with van der Waals surface area (Å²) in [5, 5.41) is 7.95. The van der Waals surface area contributed by atoms with Crippen molar-refractivity contribution in [3.8, 4) is 0 Å². The number of carbonyl (C=O) groups is 1. The Morgan fingerprint density at radius 2 is 2.05 bits per heavy atom. The molecule has 0 bridgehead atoms. The maximum Gasteiger partial charge on any atom is 0.253 e. The smallest absolute Gasteiger partial charge is 0.253 e. The summed E-state index contributed by atoms with van der Waals surface area (Å²) in [4.78, 5) is 20.7. The topological polar surface area (TPSA) is 72.2 Å². The van der Waals surface area contributed by atoms with Crippen molar-refractivity contribution in [2.24, 2.45) is 0 Å². The van der Waals surface area contributed by atoms with Gasteiger partial charge in [-0.05, 0) is 34.0 Å². The second-order valence-corrected chi connectivity index (χ2v) is 5.74. The number of aromatic nitrogens is 4. The third-order valence-corrected chi connectivity index (χ3v) is 3.54. The number of amides is 1. The van der Waals surface area contributed by atoms with Crippen molar-refractivity contribution in [1.82, 2.24) is 24.9 Å². The Hall–Kier alpha value is -1.63. The molecule has 108 valence electrons. The van der Waals surface area contributed by atoms with Gasteiger partial charge in [0.1, 0.15) is 0 Å². The second kappa shape index (κ2) is 5.78. The van der Waals surface area contributed by atoms with Crippen molar-refractivity contribution >= 4 is 23.4 Å². The van der Waals surface area contributed by atoms with Gasteiger partial charge in [-0.15, -0.1) is 5.10 Å². The number of hydrogen-bond acceptors (Lipinski definition) is 5. The molecule has 2 heterocycles. The molecule has 2 rings (SSSR count). The fourth-order valence-electron chi connectivity index (χ4n) is 2.07. The fraction of sp³-hybridized carbons (Fsp3) is 0.538. The van der Waals surface area contributed by atoms with Gasteiger partial charge in [0, 0.05) is 23.0 Å². The monoisotopic (exact) mass is 293 g/mol. The molecule has 0 fully saturated rings. The average Bonchev–Trinajstić information content (AvgIpc) is 2.76. The second-order valence-electron chi connectivity index (χ2n) is 4.97. The van der Waals surface area contributed by atoms with E-state index in [-0.39, 0.29) is 11.9 Å². The van der Waals surface area contributed by atoms with Crippen LogP contribution in [0.4, 0.5) is 0 Å². The molecule has 0 aromatic carbocycles. The van der Waals surface area contributed by atoms with Crippen LogP contribution in [0.3, 0.4) is 0 Å². The number of nitrogens with zero attached hydrogens (tertiary/aromatic N) is 4. The lowest BCUT2D eigenvalue weighted by molar-refractivity contribution is -0.120. The van der Waals surface area contributed by atoms with Crippen LogP contribution in [-0.4, -0.2) is 37.8 Å². The van der Waals surface area contributed by atoms with Gasteiger partial charge in [-0.3, -0.25) is 4.79 Å². The maximum atomic E-state index is 11.9. The summed E-state index contributed by atoms with van der Waals surface area (Å²) in [6.45, 7) is 7.74. The van der Waals surface area contributed by atoms with Gasteiger partial charge >= 0.3 is 0 Å². The first-order chi connectivity index (χ1) is 9.42. The van der Waals surface area contributed by atoms with E-state index in [4.69, 9.17) is 0 Å². The van der Waals surface area contributed by atoms with Crippen molar-refractivity contribution in [3.05, 3.63) is 17.0 Å². The number of fused-ring (bicyclic) bond motifs is 1. The van der Waals surface area contributed by atoms with Crippen LogP contribution in [0, 0.1) is 13.8 Å². The van der Waals surface area contributed by atoms with Crippen LogP contribution in [0.25, 0.3) is 5.78 Å². The summed E-state index contributed by atoms with van der Waals surface area (Å²) in [6.07, 6.45) is 2.24. The Bertz CT molecular complexity index is 650. The van der Waals surface area contributed by atoms with E-state index in [1.807, 2.05) is 34.0 Å². The average molecular weight is 293 g/mol. The van der Waals surface area contributed by atoms with Gasteiger partial charge in [0.15, 0.2) is 0 Å². The molecule has 0 saturated carbocycles. The molecule has 2 aromatic heterocycles. The van der Waals surface area contributed by atoms with E-state index in [1.165, 1.54) is 11.8 Å². The molecule has 0 aliphatic rings. The van der Waals surface area contributed by atoms with Crippen molar-refractivity contribution in [1.29, 1.82) is 0 Å². The van der Waals surface area contributed by atoms with Crippen LogP contribution >= 0.6 is 11.8 Å². The molecule has 20 heavy (non-hydrogen) atoms. The Morgan fingerprint density at radius 1 is 1.35 bits per heavy atom. The number of rotatable bonds is 4. The highest BCUT2D eigenvalue weighted by atomic mass is 32.2. The minimum atomic E-state index is -0.00226. The molecule has 0 spiro atoms. The molecule has 6 nitrogen and oxygen atoms in total. The molecule has 0 saturated heterocycles. The molecule has 2 aromatic rings. The zero-order valence-corrected chi connectivity index (χ0v) is 13.2. The SMILES string of the molecule is CSc1nc2nc(C)c(CC(=O)NC(C)C)c(C)n2n1.